The number of nitrogens with zero attached hydrogens (tertiary/aromatic N) is 2. The van der Waals surface area contributed by atoms with Gasteiger partial charge < -0.3 is 5.73 Å². The normalized spacial score (nSPS) is 11.9. The van der Waals surface area contributed by atoms with Gasteiger partial charge in [-0.3, -0.25) is 4.98 Å². The standard InChI is InChI=1S/C10H17N3O2S/c1-13(16(14,15)9-5-11)8-4-10-2-6-12-7-3-10/h2-3,6-7H,4-5,8-9,11H2,1H3. The van der Waals surface area contributed by atoms with Crippen molar-refractivity contribution in [3.63, 3.8) is 0 Å². The molecule has 0 aromatic carbocycles. The highest BCUT2D eigenvalue weighted by Crippen LogP contribution is 2.02. The highest BCUT2D eigenvalue weighted by atomic mass is 32.2. The molecule has 0 unspecified atom stereocenters. The summed E-state index contributed by atoms with van der Waals surface area (Å²) in [5, 5.41) is 0. The fourth-order valence-corrected chi connectivity index (χ4v) is 2.26. The predicted molar refractivity (Wildman–Crippen MR) is 63.4 cm³/mol. The minimum Gasteiger partial charge on any atom is -0.329 e. The average Bonchev–Trinajstić information content (AvgIpc) is 2.27. The van der Waals surface area contributed by atoms with E-state index in [0.29, 0.717) is 13.0 Å². The van der Waals surface area contributed by atoms with Crippen molar-refractivity contribution in [2.75, 3.05) is 25.9 Å². The summed E-state index contributed by atoms with van der Waals surface area (Å²) in [6.45, 7) is 0.619. The van der Waals surface area contributed by atoms with Crippen LogP contribution in [0.4, 0.5) is 0 Å². The Hall–Kier alpha value is -0.980. The minimum absolute atomic E-state index is 0.000154. The lowest BCUT2D eigenvalue weighted by Gasteiger charge is -2.16. The molecule has 90 valence electrons. The molecule has 1 rings (SSSR count). The molecule has 0 atom stereocenters. The number of likely N-dealkylation sites (N-methyl/N-ethyl adjacent to an activating group) is 1. The second-order valence-electron chi connectivity index (χ2n) is 3.53. The summed E-state index contributed by atoms with van der Waals surface area (Å²) in [4.78, 5) is 3.90. The van der Waals surface area contributed by atoms with Gasteiger partial charge in [0.2, 0.25) is 10.0 Å². The number of rotatable bonds is 6. The fraction of sp³-hybridized carbons (Fsp3) is 0.500. The van der Waals surface area contributed by atoms with Gasteiger partial charge in [-0.1, -0.05) is 0 Å². The van der Waals surface area contributed by atoms with E-state index in [-0.39, 0.29) is 12.3 Å². The summed E-state index contributed by atoms with van der Waals surface area (Å²) in [6, 6.07) is 3.76. The largest absolute Gasteiger partial charge is 0.329 e. The second-order valence-corrected chi connectivity index (χ2v) is 5.73. The Morgan fingerprint density at radius 3 is 2.56 bits per heavy atom. The van der Waals surface area contributed by atoms with Gasteiger partial charge in [-0.25, -0.2) is 12.7 Å². The van der Waals surface area contributed by atoms with Crippen LogP contribution in [-0.2, 0) is 16.4 Å². The molecule has 5 nitrogen and oxygen atoms in total. The molecular weight excluding hydrogens is 226 g/mol. The van der Waals surface area contributed by atoms with E-state index in [9.17, 15) is 8.42 Å². The van der Waals surface area contributed by atoms with Gasteiger partial charge in [0.05, 0.1) is 5.75 Å². The Morgan fingerprint density at radius 1 is 1.38 bits per heavy atom. The first kappa shape index (κ1) is 13.1. The van der Waals surface area contributed by atoms with Crippen molar-refractivity contribution in [3.05, 3.63) is 30.1 Å². The van der Waals surface area contributed by atoms with Crippen molar-refractivity contribution in [3.8, 4) is 0 Å². The molecular formula is C10H17N3O2S. The number of hydrogen-bond donors (Lipinski definition) is 1. The Kier molecular flexibility index (Phi) is 4.85. The van der Waals surface area contributed by atoms with E-state index in [1.54, 1.807) is 19.4 Å². The first-order valence-corrected chi connectivity index (χ1v) is 6.70. The van der Waals surface area contributed by atoms with Crippen molar-refractivity contribution < 1.29 is 8.42 Å². The molecule has 0 amide bonds. The van der Waals surface area contributed by atoms with E-state index in [2.05, 4.69) is 4.98 Å². The Balaban J connectivity index is 2.50. The summed E-state index contributed by atoms with van der Waals surface area (Å²) in [5.41, 5.74) is 6.32. The van der Waals surface area contributed by atoms with Crippen LogP contribution in [0.15, 0.2) is 24.5 Å². The fourth-order valence-electron chi connectivity index (χ4n) is 1.28. The molecule has 0 aliphatic carbocycles. The van der Waals surface area contributed by atoms with E-state index < -0.39 is 10.0 Å². The Bertz CT molecular complexity index is 405. The number of nitrogens with two attached hydrogens (primary N) is 1. The maximum Gasteiger partial charge on any atom is 0.215 e. The van der Waals surface area contributed by atoms with Crippen molar-refractivity contribution in [2.45, 2.75) is 6.42 Å². The molecule has 2 N–H and O–H groups in total. The van der Waals surface area contributed by atoms with Gasteiger partial charge in [0.25, 0.3) is 0 Å². The summed E-state index contributed by atoms with van der Waals surface area (Å²) in [5.74, 6) is -0.000154. The third-order valence-corrected chi connectivity index (χ3v) is 4.20. The molecule has 0 fully saturated rings. The SMILES string of the molecule is CN(CCc1ccncc1)S(=O)(=O)CCN. The molecule has 0 bridgehead atoms. The summed E-state index contributed by atoms with van der Waals surface area (Å²) < 4.78 is 24.5. The Labute approximate surface area is 96.3 Å². The zero-order valence-corrected chi connectivity index (χ0v) is 10.2. The molecule has 0 aliphatic heterocycles. The monoisotopic (exact) mass is 243 g/mol. The predicted octanol–water partition coefficient (Wildman–Crippen LogP) is -0.156. The van der Waals surface area contributed by atoms with Gasteiger partial charge in [-0.05, 0) is 24.1 Å². The molecule has 0 saturated heterocycles. The van der Waals surface area contributed by atoms with Crippen LogP contribution >= 0.6 is 0 Å². The lowest BCUT2D eigenvalue weighted by atomic mass is 10.2. The van der Waals surface area contributed by atoms with Crippen LogP contribution in [0.3, 0.4) is 0 Å². The van der Waals surface area contributed by atoms with Crippen LogP contribution in [0.25, 0.3) is 0 Å². The van der Waals surface area contributed by atoms with E-state index in [1.807, 2.05) is 12.1 Å². The van der Waals surface area contributed by atoms with Gasteiger partial charge in [0.15, 0.2) is 0 Å². The lowest BCUT2D eigenvalue weighted by molar-refractivity contribution is 0.472. The molecule has 16 heavy (non-hydrogen) atoms. The van der Waals surface area contributed by atoms with Crippen LogP contribution in [0.5, 0.6) is 0 Å². The highest BCUT2D eigenvalue weighted by molar-refractivity contribution is 7.89. The Morgan fingerprint density at radius 2 is 2.00 bits per heavy atom. The molecule has 0 radical (unpaired) electrons. The van der Waals surface area contributed by atoms with Gasteiger partial charge >= 0.3 is 0 Å². The first-order chi connectivity index (χ1) is 7.56. The number of aromatic nitrogens is 1. The third-order valence-electron chi connectivity index (χ3n) is 2.32. The summed E-state index contributed by atoms with van der Waals surface area (Å²) >= 11 is 0. The number of sulfonamides is 1. The summed E-state index contributed by atoms with van der Waals surface area (Å²) in [7, 11) is -1.61. The zero-order valence-electron chi connectivity index (χ0n) is 9.33. The van der Waals surface area contributed by atoms with Crippen molar-refractivity contribution in [1.82, 2.24) is 9.29 Å². The molecule has 6 heteroatoms. The van der Waals surface area contributed by atoms with Gasteiger partial charge in [0, 0.05) is 32.5 Å². The smallest absolute Gasteiger partial charge is 0.215 e. The average molecular weight is 243 g/mol. The topological polar surface area (TPSA) is 76.3 Å². The molecule has 1 aromatic rings. The van der Waals surface area contributed by atoms with Crippen molar-refractivity contribution in [1.29, 1.82) is 0 Å². The molecule has 1 heterocycles. The van der Waals surface area contributed by atoms with E-state index in [0.717, 1.165) is 5.56 Å². The maximum atomic E-state index is 11.6. The van der Waals surface area contributed by atoms with Crippen molar-refractivity contribution in [2.24, 2.45) is 5.73 Å². The molecule has 0 spiro atoms. The molecule has 0 saturated carbocycles. The van der Waals surface area contributed by atoms with Crippen LogP contribution in [0, 0.1) is 0 Å². The lowest BCUT2D eigenvalue weighted by Crippen LogP contribution is -2.33. The van der Waals surface area contributed by atoms with Gasteiger partial charge in [-0.2, -0.15) is 0 Å². The maximum absolute atomic E-state index is 11.6. The van der Waals surface area contributed by atoms with E-state index in [4.69, 9.17) is 5.73 Å². The quantitative estimate of drug-likeness (QED) is 0.753. The van der Waals surface area contributed by atoms with Crippen LogP contribution in [0.1, 0.15) is 5.56 Å². The zero-order chi connectivity index (χ0) is 12.0. The van der Waals surface area contributed by atoms with Gasteiger partial charge in [-0.15, -0.1) is 0 Å². The summed E-state index contributed by atoms with van der Waals surface area (Å²) in [6.07, 6.45) is 4.08. The van der Waals surface area contributed by atoms with Crippen LogP contribution in [-0.4, -0.2) is 43.6 Å². The molecule has 1 aromatic heterocycles. The van der Waals surface area contributed by atoms with Crippen molar-refractivity contribution >= 4 is 10.0 Å². The van der Waals surface area contributed by atoms with Crippen LogP contribution in [0.2, 0.25) is 0 Å². The van der Waals surface area contributed by atoms with Crippen LogP contribution < -0.4 is 5.73 Å². The van der Waals surface area contributed by atoms with Gasteiger partial charge in [0.1, 0.15) is 0 Å². The third kappa shape index (κ3) is 3.88. The van der Waals surface area contributed by atoms with E-state index >= 15 is 0 Å². The highest BCUT2D eigenvalue weighted by Gasteiger charge is 2.15. The number of pyridine rings is 1. The molecule has 0 aliphatic rings. The van der Waals surface area contributed by atoms with E-state index in [1.165, 1.54) is 4.31 Å². The first-order valence-electron chi connectivity index (χ1n) is 5.09. The minimum atomic E-state index is -3.19. The second kappa shape index (κ2) is 5.93. The number of hydrogen-bond acceptors (Lipinski definition) is 4.